The fourth-order valence-electron chi connectivity index (χ4n) is 2.62. The van der Waals surface area contributed by atoms with Crippen molar-refractivity contribution in [3.05, 3.63) is 64.4 Å². The van der Waals surface area contributed by atoms with Gasteiger partial charge in [0.25, 0.3) is 5.91 Å². The van der Waals surface area contributed by atoms with Gasteiger partial charge in [0.2, 0.25) is 0 Å². The number of pyridine rings is 1. The number of carbonyl (C=O) groups excluding carboxylic acids is 1. The Kier molecular flexibility index (Phi) is 3.53. The van der Waals surface area contributed by atoms with Gasteiger partial charge >= 0.3 is 0 Å². The predicted octanol–water partition coefficient (Wildman–Crippen LogP) is 2.38. The number of nitrogens with zero attached hydrogens (tertiary/aromatic N) is 5. The van der Waals surface area contributed by atoms with Gasteiger partial charge in [-0.15, -0.1) is 0 Å². The summed E-state index contributed by atoms with van der Waals surface area (Å²) in [6, 6.07) is 5.61. The van der Waals surface area contributed by atoms with Gasteiger partial charge in [-0.3, -0.25) is 4.79 Å². The van der Waals surface area contributed by atoms with E-state index >= 15 is 0 Å². The van der Waals surface area contributed by atoms with Gasteiger partial charge in [0, 0.05) is 29.3 Å². The average molecular weight is 385 g/mol. The second-order valence-electron chi connectivity index (χ2n) is 5.38. The lowest BCUT2D eigenvalue weighted by Crippen LogP contribution is -2.23. The number of aromatic nitrogens is 5. The fourth-order valence-corrected chi connectivity index (χ4v) is 2.98. The van der Waals surface area contributed by atoms with Crippen LogP contribution in [0, 0.1) is 6.92 Å². The van der Waals surface area contributed by atoms with Gasteiger partial charge in [0.05, 0.1) is 17.9 Å². The minimum Gasteiger partial charge on any atom is -0.346 e. The third-order valence-electron chi connectivity index (χ3n) is 3.69. The minimum absolute atomic E-state index is 0.209. The average Bonchev–Trinajstić information content (AvgIpc) is 3.11. The Morgan fingerprint density at radius 2 is 2.21 bits per heavy atom. The minimum atomic E-state index is -0.209. The molecule has 0 spiro atoms. The number of imidazole rings is 1. The van der Waals surface area contributed by atoms with Gasteiger partial charge in [-0.1, -0.05) is 0 Å². The number of carbonyl (C=O) groups is 1. The monoisotopic (exact) mass is 384 g/mol. The maximum atomic E-state index is 12.5. The Bertz CT molecular complexity index is 1070. The maximum Gasteiger partial charge on any atom is 0.257 e. The molecular formula is C16H13BrN6O. The van der Waals surface area contributed by atoms with Gasteiger partial charge in [-0.05, 0) is 41.1 Å². The predicted molar refractivity (Wildman–Crippen MR) is 91.8 cm³/mol. The molecule has 1 amide bonds. The molecule has 0 aromatic carbocycles. The number of aryl methyl sites for hydroxylation is 1. The third kappa shape index (κ3) is 2.54. The van der Waals surface area contributed by atoms with Gasteiger partial charge in [0.15, 0.2) is 5.65 Å². The second-order valence-corrected chi connectivity index (χ2v) is 6.29. The fraction of sp³-hybridized carbons (Fsp3) is 0.125. The van der Waals surface area contributed by atoms with Crippen molar-refractivity contribution in [2.75, 3.05) is 0 Å². The number of nitrogens with one attached hydrogen (secondary N) is 1. The van der Waals surface area contributed by atoms with Crippen LogP contribution in [0.5, 0.6) is 0 Å². The summed E-state index contributed by atoms with van der Waals surface area (Å²) in [7, 11) is 0. The van der Waals surface area contributed by atoms with E-state index in [9.17, 15) is 4.79 Å². The molecule has 4 rings (SSSR count). The highest BCUT2D eigenvalue weighted by Gasteiger charge is 2.18. The Balaban J connectivity index is 1.58. The van der Waals surface area contributed by atoms with Crippen LogP contribution < -0.4 is 5.32 Å². The molecule has 1 N–H and O–H groups in total. The van der Waals surface area contributed by atoms with Crippen LogP contribution in [0.2, 0.25) is 0 Å². The summed E-state index contributed by atoms with van der Waals surface area (Å²) in [6.07, 6.45) is 7.23. The van der Waals surface area contributed by atoms with Crippen molar-refractivity contribution in [1.82, 2.24) is 29.3 Å². The van der Waals surface area contributed by atoms with E-state index in [-0.39, 0.29) is 5.91 Å². The van der Waals surface area contributed by atoms with Crippen molar-refractivity contribution in [3.8, 4) is 0 Å². The zero-order valence-corrected chi connectivity index (χ0v) is 14.4. The van der Waals surface area contributed by atoms with Crippen LogP contribution in [-0.2, 0) is 6.54 Å². The summed E-state index contributed by atoms with van der Waals surface area (Å²) < 4.78 is 4.48. The molecule has 4 heterocycles. The van der Waals surface area contributed by atoms with Crippen molar-refractivity contribution in [2.24, 2.45) is 0 Å². The van der Waals surface area contributed by atoms with E-state index < -0.39 is 0 Å². The second kappa shape index (κ2) is 5.72. The Morgan fingerprint density at radius 1 is 1.33 bits per heavy atom. The topological polar surface area (TPSA) is 76.6 Å². The molecule has 120 valence electrons. The third-order valence-corrected chi connectivity index (χ3v) is 4.16. The number of fused-ring (bicyclic) bond motifs is 2. The SMILES string of the molecule is Cc1nn2cccnc2c1C(=O)NCc1cn2cc(Br)ccc2n1. The molecular weight excluding hydrogens is 372 g/mol. The van der Waals surface area contributed by atoms with Crippen molar-refractivity contribution in [3.63, 3.8) is 0 Å². The van der Waals surface area contributed by atoms with Crippen LogP contribution in [0.15, 0.2) is 47.5 Å². The largest absolute Gasteiger partial charge is 0.346 e. The van der Waals surface area contributed by atoms with E-state index in [4.69, 9.17) is 0 Å². The number of halogens is 1. The van der Waals surface area contributed by atoms with Crippen molar-refractivity contribution in [1.29, 1.82) is 0 Å². The molecule has 7 nitrogen and oxygen atoms in total. The molecule has 0 aliphatic carbocycles. The van der Waals surface area contributed by atoms with E-state index in [0.29, 0.717) is 23.4 Å². The first-order chi connectivity index (χ1) is 11.6. The maximum absolute atomic E-state index is 12.5. The number of hydrogen-bond donors (Lipinski definition) is 1. The lowest BCUT2D eigenvalue weighted by Gasteiger charge is -2.02. The first-order valence-corrected chi connectivity index (χ1v) is 8.12. The first-order valence-electron chi connectivity index (χ1n) is 7.33. The molecule has 0 saturated carbocycles. The molecule has 4 aromatic rings. The molecule has 0 atom stereocenters. The highest BCUT2D eigenvalue weighted by atomic mass is 79.9. The van der Waals surface area contributed by atoms with E-state index in [1.807, 2.05) is 28.9 Å². The summed E-state index contributed by atoms with van der Waals surface area (Å²) in [5.74, 6) is -0.209. The first kappa shape index (κ1) is 14.8. The van der Waals surface area contributed by atoms with Crippen LogP contribution in [-0.4, -0.2) is 29.9 Å². The summed E-state index contributed by atoms with van der Waals surface area (Å²) >= 11 is 3.43. The Labute approximate surface area is 145 Å². The highest BCUT2D eigenvalue weighted by Crippen LogP contribution is 2.14. The van der Waals surface area contributed by atoms with Gasteiger partial charge in [0.1, 0.15) is 11.2 Å². The Hall–Kier alpha value is -2.74. The molecule has 4 aromatic heterocycles. The van der Waals surface area contributed by atoms with Crippen molar-refractivity contribution in [2.45, 2.75) is 13.5 Å². The molecule has 0 saturated heterocycles. The van der Waals surface area contributed by atoms with Crippen LogP contribution in [0.1, 0.15) is 21.7 Å². The van der Waals surface area contributed by atoms with E-state index in [1.54, 1.807) is 29.9 Å². The van der Waals surface area contributed by atoms with Crippen LogP contribution >= 0.6 is 15.9 Å². The molecule has 0 fully saturated rings. The van der Waals surface area contributed by atoms with E-state index in [1.165, 1.54) is 0 Å². The molecule has 0 unspecified atom stereocenters. The zero-order chi connectivity index (χ0) is 16.7. The van der Waals surface area contributed by atoms with E-state index in [0.717, 1.165) is 15.8 Å². The lowest BCUT2D eigenvalue weighted by atomic mass is 10.2. The Morgan fingerprint density at radius 3 is 3.08 bits per heavy atom. The quantitative estimate of drug-likeness (QED) is 0.588. The van der Waals surface area contributed by atoms with Crippen LogP contribution in [0.4, 0.5) is 0 Å². The van der Waals surface area contributed by atoms with E-state index in [2.05, 4.69) is 36.3 Å². The van der Waals surface area contributed by atoms with Gasteiger partial charge in [-0.2, -0.15) is 5.10 Å². The lowest BCUT2D eigenvalue weighted by molar-refractivity contribution is 0.0951. The summed E-state index contributed by atoms with van der Waals surface area (Å²) in [4.78, 5) is 21.3. The summed E-state index contributed by atoms with van der Waals surface area (Å²) in [5.41, 5.74) is 3.29. The molecule has 8 heteroatoms. The summed E-state index contributed by atoms with van der Waals surface area (Å²) in [5, 5.41) is 7.19. The molecule has 0 aliphatic rings. The number of rotatable bonds is 3. The van der Waals surface area contributed by atoms with Crippen molar-refractivity contribution >= 4 is 33.1 Å². The normalized spacial score (nSPS) is 11.2. The molecule has 24 heavy (non-hydrogen) atoms. The van der Waals surface area contributed by atoms with Crippen molar-refractivity contribution < 1.29 is 4.79 Å². The standard InChI is InChI=1S/C16H13BrN6O/c1-10-14(15-18-5-2-6-23(15)21-10)16(24)19-7-12-9-22-8-11(17)3-4-13(22)20-12/h2-6,8-9H,7H2,1H3,(H,19,24). The molecule has 0 aliphatic heterocycles. The summed E-state index contributed by atoms with van der Waals surface area (Å²) in [6.45, 7) is 2.13. The molecule has 0 bridgehead atoms. The van der Waals surface area contributed by atoms with Crippen LogP contribution in [0.3, 0.4) is 0 Å². The number of amides is 1. The number of hydrogen-bond acceptors (Lipinski definition) is 4. The molecule has 0 radical (unpaired) electrons. The highest BCUT2D eigenvalue weighted by molar-refractivity contribution is 9.10. The van der Waals surface area contributed by atoms with Gasteiger partial charge in [-0.25, -0.2) is 14.5 Å². The van der Waals surface area contributed by atoms with Gasteiger partial charge < -0.3 is 9.72 Å². The smallest absolute Gasteiger partial charge is 0.257 e. The zero-order valence-electron chi connectivity index (χ0n) is 12.8. The van der Waals surface area contributed by atoms with Crippen LogP contribution in [0.25, 0.3) is 11.3 Å².